The SMILES string of the molecule is Cc1cn2c([nH]1)c(-c1nc3ccccc3[nH]1)c(=O)c1ccccc12. The maximum atomic E-state index is 13.1. The molecule has 0 radical (unpaired) electrons. The summed E-state index contributed by atoms with van der Waals surface area (Å²) in [6, 6.07) is 15.4. The number of para-hydroxylation sites is 3. The van der Waals surface area contributed by atoms with Crippen LogP contribution < -0.4 is 5.43 Å². The second kappa shape index (κ2) is 4.58. The first-order chi connectivity index (χ1) is 11.7. The molecule has 5 heteroatoms. The van der Waals surface area contributed by atoms with Crippen LogP contribution >= 0.6 is 0 Å². The van der Waals surface area contributed by atoms with E-state index >= 15 is 0 Å². The van der Waals surface area contributed by atoms with Crippen LogP contribution in [0.1, 0.15) is 5.69 Å². The van der Waals surface area contributed by atoms with Crippen molar-refractivity contribution in [2.75, 3.05) is 0 Å². The molecule has 0 amide bonds. The molecule has 0 fully saturated rings. The minimum absolute atomic E-state index is 0.0218. The van der Waals surface area contributed by atoms with Crippen molar-refractivity contribution >= 4 is 27.6 Å². The van der Waals surface area contributed by atoms with Gasteiger partial charge in [0.2, 0.25) is 5.43 Å². The maximum absolute atomic E-state index is 13.1. The molecule has 0 atom stereocenters. The van der Waals surface area contributed by atoms with Gasteiger partial charge in [0.25, 0.3) is 0 Å². The molecule has 24 heavy (non-hydrogen) atoms. The number of fused-ring (bicyclic) bond motifs is 4. The molecule has 2 N–H and O–H groups in total. The number of hydrogen-bond donors (Lipinski definition) is 2. The van der Waals surface area contributed by atoms with Gasteiger partial charge >= 0.3 is 0 Å². The largest absolute Gasteiger partial charge is 0.343 e. The van der Waals surface area contributed by atoms with Gasteiger partial charge in [0.1, 0.15) is 17.0 Å². The molecule has 0 aliphatic rings. The lowest BCUT2D eigenvalue weighted by molar-refractivity contribution is 1.23. The van der Waals surface area contributed by atoms with Crippen molar-refractivity contribution in [3.8, 4) is 11.4 Å². The molecule has 5 rings (SSSR count). The third-order valence-electron chi connectivity index (χ3n) is 4.38. The summed E-state index contributed by atoms with van der Waals surface area (Å²) < 4.78 is 2.02. The normalized spacial score (nSPS) is 11.7. The Bertz CT molecular complexity index is 1260. The number of nitrogens with zero attached hydrogens (tertiary/aromatic N) is 2. The Morgan fingerprint density at radius 3 is 2.67 bits per heavy atom. The highest BCUT2D eigenvalue weighted by atomic mass is 16.1. The molecule has 5 aromatic rings. The molecule has 0 saturated carbocycles. The summed E-state index contributed by atoms with van der Waals surface area (Å²) in [6.45, 7) is 1.98. The Kier molecular flexibility index (Phi) is 2.51. The number of H-pyrrole nitrogens is 2. The highest BCUT2D eigenvalue weighted by Gasteiger charge is 2.18. The monoisotopic (exact) mass is 314 g/mol. The molecular weight excluding hydrogens is 300 g/mol. The number of rotatable bonds is 1. The third-order valence-corrected chi connectivity index (χ3v) is 4.38. The lowest BCUT2D eigenvalue weighted by Gasteiger charge is -2.05. The standard InChI is InChI=1S/C19H14N4O/c1-11-10-23-15-9-5-2-6-12(15)17(24)16(19(23)20-11)18-21-13-7-3-4-8-14(13)22-18/h2-10,20H,1H3,(H,21,22). The fourth-order valence-corrected chi connectivity index (χ4v) is 3.32. The molecule has 116 valence electrons. The van der Waals surface area contributed by atoms with Crippen LogP contribution in [0.15, 0.2) is 59.5 Å². The summed E-state index contributed by atoms with van der Waals surface area (Å²) in [4.78, 5) is 24.3. The predicted molar refractivity (Wildman–Crippen MR) is 95.3 cm³/mol. The molecule has 2 aromatic carbocycles. The van der Waals surface area contributed by atoms with Crippen LogP contribution in [0.4, 0.5) is 0 Å². The molecule has 5 nitrogen and oxygen atoms in total. The molecule has 3 aromatic heterocycles. The average molecular weight is 314 g/mol. The molecule has 0 bridgehead atoms. The number of aromatic amines is 2. The molecule has 0 saturated heterocycles. The van der Waals surface area contributed by atoms with Crippen molar-refractivity contribution in [1.29, 1.82) is 0 Å². The lowest BCUT2D eigenvalue weighted by atomic mass is 10.1. The van der Waals surface area contributed by atoms with Crippen LogP contribution in [0.5, 0.6) is 0 Å². The zero-order valence-electron chi connectivity index (χ0n) is 13.0. The average Bonchev–Trinajstić information content (AvgIpc) is 3.18. The van der Waals surface area contributed by atoms with Crippen LogP contribution in [0.3, 0.4) is 0 Å². The van der Waals surface area contributed by atoms with Crippen LogP contribution in [0.25, 0.3) is 39.0 Å². The summed E-state index contributed by atoms with van der Waals surface area (Å²) in [5, 5.41) is 0.685. The van der Waals surface area contributed by atoms with E-state index in [-0.39, 0.29) is 5.43 Å². The minimum atomic E-state index is -0.0218. The highest BCUT2D eigenvalue weighted by Crippen LogP contribution is 2.25. The van der Waals surface area contributed by atoms with Crippen LogP contribution in [-0.2, 0) is 0 Å². The Hall–Kier alpha value is -3.34. The maximum Gasteiger partial charge on any atom is 0.202 e. The number of imidazole rings is 2. The van der Waals surface area contributed by atoms with Gasteiger partial charge in [-0.3, -0.25) is 4.79 Å². The van der Waals surface area contributed by atoms with Gasteiger partial charge in [-0.15, -0.1) is 0 Å². The third kappa shape index (κ3) is 1.69. The van der Waals surface area contributed by atoms with E-state index in [0.717, 1.165) is 27.9 Å². The number of nitrogens with one attached hydrogen (secondary N) is 2. The number of aromatic nitrogens is 4. The van der Waals surface area contributed by atoms with Crippen molar-refractivity contribution < 1.29 is 0 Å². The summed E-state index contributed by atoms with van der Waals surface area (Å²) in [5.74, 6) is 0.589. The van der Waals surface area contributed by atoms with E-state index in [2.05, 4.69) is 15.0 Å². The van der Waals surface area contributed by atoms with E-state index in [4.69, 9.17) is 0 Å². The lowest BCUT2D eigenvalue weighted by Crippen LogP contribution is -2.10. The van der Waals surface area contributed by atoms with E-state index in [1.807, 2.05) is 66.1 Å². The fourth-order valence-electron chi connectivity index (χ4n) is 3.32. The van der Waals surface area contributed by atoms with Gasteiger partial charge in [0, 0.05) is 17.3 Å². The van der Waals surface area contributed by atoms with E-state index in [0.29, 0.717) is 16.8 Å². The van der Waals surface area contributed by atoms with E-state index in [1.54, 1.807) is 0 Å². The number of aryl methyl sites for hydroxylation is 1. The second-order valence-electron chi connectivity index (χ2n) is 5.98. The zero-order chi connectivity index (χ0) is 16.3. The quantitative estimate of drug-likeness (QED) is 0.496. The Morgan fingerprint density at radius 2 is 1.79 bits per heavy atom. The first-order valence-electron chi connectivity index (χ1n) is 7.80. The topological polar surface area (TPSA) is 66.0 Å². The first-order valence-corrected chi connectivity index (χ1v) is 7.80. The van der Waals surface area contributed by atoms with Crippen LogP contribution in [0.2, 0.25) is 0 Å². The van der Waals surface area contributed by atoms with Gasteiger partial charge in [-0.25, -0.2) is 4.98 Å². The Labute approximate surface area is 136 Å². The van der Waals surface area contributed by atoms with E-state index in [9.17, 15) is 4.79 Å². The van der Waals surface area contributed by atoms with Crippen LogP contribution in [-0.4, -0.2) is 19.4 Å². The second-order valence-corrected chi connectivity index (χ2v) is 5.98. The highest BCUT2D eigenvalue weighted by molar-refractivity contribution is 5.91. The Balaban J connectivity index is 1.99. The van der Waals surface area contributed by atoms with Crippen molar-refractivity contribution in [1.82, 2.24) is 19.4 Å². The van der Waals surface area contributed by atoms with E-state index in [1.165, 1.54) is 0 Å². The zero-order valence-corrected chi connectivity index (χ0v) is 13.0. The molecule has 0 spiro atoms. The Morgan fingerprint density at radius 1 is 1.00 bits per heavy atom. The number of hydrogen-bond acceptors (Lipinski definition) is 2. The molecule has 3 heterocycles. The summed E-state index contributed by atoms with van der Waals surface area (Å²) in [6.07, 6.45) is 2.00. The van der Waals surface area contributed by atoms with Crippen molar-refractivity contribution in [3.05, 3.63) is 70.6 Å². The first kappa shape index (κ1) is 13.1. The summed E-state index contributed by atoms with van der Waals surface area (Å²) in [7, 11) is 0. The fraction of sp³-hybridized carbons (Fsp3) is 0.0526. The number of benzene rings is 2. The van der Waals surface area contributed by atoms with Crippen LogP contribution in [0, 0.1) is 6.92 Å². The molecule has 0 aliphatic heterocycles. The van der Waals surface area contributed by atoms with Crippen molar-refractivity contribution in [2.45, 2.75) is 6.92 Å². The van der Waals surface area contributed by atoms with Gasteiger partial charge in [-0.05, 0) is 31.2 Å². The number of pyridine rings is 1. The summed E-state index contributed by atoms with van der Waals surface area (Å²) >= 11 is 0. The van der Waals surface area contributed by atoms with Gasteiger partial charge in [0.15, 0.2) is 0 Å². The molecule has 0 unspecified atom stereocenters. The smallest absolute Gasteiger partial charge is 0.202 e. The summed E-state index contributed by atoms with van der Waals surface area (Å²) in [5.41, 5.74) is 4.95. The van der Waals surface area contributed by atoms with Gasteiger partial charge in [-0.1, -0.05) is 24.3 Å². The van der Waals surface area contributed by atoms with Crippen molar-refractivity contribution in [2.24, 2.45) is 0 Å². The van der Waals surface area contributed by atoms with Gasteiger partial charge in [-0.2, -0.15) is 0 Å². The van der Waals surface area contributed by atoms with Gasteiger partial charge < -0.3 is 14.4 Å². The van der Waals surface area contributed by atoms with E-state index < -0.39 is 0 Å². The molecule has 0 aliphatic carbocycles. The predicted octanol–water partition coefficient (Wildman–Crippen LogP) is 3.63. The minimum Gasteiger partial charge on any atom is -0.343 e. The van der Waals surface area contributed by atoms with Crippen molar-refractivity contribution in [3.63, 3.8) is 0 Å². The van der Waals surface area contributed by atoms with Gasteiger partial charge in [0.05, 0.1) is 16.6 Å². The molecular formula is C19H14N4O.